The second kappa shape index (κ2) is 6.46. The molecule has 2 unspecified atom stereocenters. The number of ether oxygens (including phenoxy) is 1. The predicted molar refractivity (Wildman–Crippen MR) is 81.7 cm³/mol. The SMILES string of the molecule is COCC(NC(C)c1cnc2ccsc2c1)C(C)C. The first-order valence-corrected chi connectivity index (χ1v) is 7.58. The number of nitrogens with zero attached hydrogens (tertiary/aromatic N) is 1. The minimum Gasteiger partial charge on any atom is -0.383 e. The minimum absolute atomic E-state index is 0.279. The van der Waals surface area contributed by atoms with E-state index in [0.29, 0.717) is 12.0 Å². The van der Waals surface area contributed by atoms with E-state index in [2.05, 4.69) is 48.6 Å². The van der Waals surface area contributed by atoms with Crippen LogP contribution >= 0.6 is 11.3 Å². The van der Waals surface area contributed by atoms with Crippen LogP contribution in [0.4, 0.5) is 0 Å². The van der Waals surface area contributed by atoms with Crippen LogP contribution in [0.3, 0.4) is 0 Å². The van der Waals surface area contributed by atoms with Gasteiger partial charge in [-0.1, -0.05) is 13.8 Å². The van der Waals surface area contributed by atoms with Crippen LogP contribution in [0.25, 0.3) is 10.2 Å². The Balaban J connectivity index is 2.11. The largest absolute Gasteiger partial charge is 0.383 e. The number of hydrogen-bond acceptors (Lipinski definition) is 4. The van der Waals surface area contributed by atoms with Crippen LogP contribution in [0.5, 0.6) is 0 Å². The van der Waals surface area contributed by atoms with Gasteiger partial charge in [0.25, 0.3) is 0 Å². The highest BCUT2D eigenvalue weighted by atomic mass is 32.1. The molecule has 0 aliphatic carbocycles. The zero-order valence-corrected chi connectivity index (χ0v) is 12.8. The van der Waals surface area contributed by atoms with Crippen molar-refractivity contribution in [2.75, 3.05) is 13.7 Å². The molecule has 2 rings (SSSR count). The van der Waals surface area contributed by atoms with Gasteiger partial charge in [0.05, 0.1) is 16.8 Å². The van der Waals surface area contributed by atoms with Crippen LogP contribution in [0.15, 0.2) is 23.7 Å². The van der Waals surface area contributed by atoms with Gasteiger partial charge >= 0.3 is 0 Å². The number of pyridine rings is 1. The summed E-state index contributed by atoms with van der Waals surface area (Å²) in [5, 5.41) is 5.71. The average Bonchev–Trinajstić information content (AvgIpc) is 2.85. The first-order valence-electron chi connectivity index (χ1n) is 6.70. The molecular weight excluding hydrogens is 256 g/mol. The molecular formula is C15H22N2OS. The zero-order chi connectivity index (χ0) is 13.8. The number of fused-ring (bicyclic) bond motifs is 1. The summed E-state index contributed by atoms with van der Waals surface area (Å²) in [5.41, 5.74) is 2.31. The van der Waals surface area contributed by atoms with Gasteiger partial charge in [-0.2, -0.15) is 0 Å². The number of nitrogens with one attached hydrogen (secondary N) is 1. The van der Waals surface area contributed by atoms with E-state index >= 15 is 0 Å². The Morgan fingerprint density at radius 3 is 2.84 bits per heavy atom. The summed E-state index contributed by atoms with van der Waals surface area (Å²) in [6, 6.07) is 4.93. The first-order chi connectivity index (χ1) is 9.11. The van der Waals surface area contributed by atoms with E-state index in [1.807, 2.05) is 6.20 Å². The molecule has 0 amide bonds. The van der Waals surface area contributed by atoms with Crippen molar-refractivity contribution in [1.82, 2.24) is 10.3 Å². The molecule has 2 heterocycles. The van der Waals surface area contributed by atoms with Gasteiger partial charge in [-0.25, -0.2) is 0 Å². The number of thiophene rings is 1. The Morgan fingerprint density at radius 1 is 1.37 bits per heavy atom. The smallest absolute Gasteiger partial charge is 0.0809 e. The molecule has 0 saturated heterocycles. The lowest BCUT2D eigenvalue weighted by molar-refractivity contribution is 0.141. The Morgan fingerprint density at radius 2 is 2.16 bits per heavy atom. The summed E-state index contributed by atoms with van der Waals surface area (Å²) in [6.07, 6.45) is 1.97. The fourth-order valence-corrected chi connectivity index (χ4v) is 2.92. The fourth-order valence-electron chi connectivity index (χ4n) is 2.13. The summed E-state index contributed by atoms with van der Waals surface area (Å²) in [5.74, 6) is 0.542. The molecule has 0 aromatic carbocycles. The molecule has 0 fully saturated rings. The van der Waals surface area contributed by atoms with Crippen molar-refractivity contribution in [3.05, 3.63) is 29.3 Å². The molecule has 2 aromatic heterocycles. The molecule has 0 spiro atoms. The lowest BCUT2D eigenvalue weighted by Crippen LogP contribution is -2.39. The second-order valence-electron chi connectivity index (χ2n) is 5.27. The number of methoxy groups -OCH3 is 1. The molecule has 0 aliphatic rings. The molecule has 0 saturated carbocycles. The molecule has 104 valence electrons. The fraction of sp³-hybridized carbons (Fsp3) is 0.533. The number of rotatable bonds is 6. The van der Waals surface area contributed by atoms with Crippen LogP contribution < -0.4 is 5.32 Å². The quantitative estimate of drug-likeness (QED) is 0.876. The highest BCUT2D eigenvalue weighted by Crippen LogP contribution is 2.23. The van der Waals surface area contributed by atoms with Crippen molar-refractivity contribution in [2.45, 2.75) is 32.9 Å². The maximum atomic E-state index is 5.28. The topological polar surface area (TPSA) is 34.1 Å². The third-order valence-corrected chi connectivity index (χ3v) is 4.29. The molecule has 19 heavy (non-hydrogen) atoms. The third kappa shape index (κ3) is 3.53. The minimum atomic E-state index is 0.279. The molecule has 3 nitrogen and oxygen atoms in total. The van der Waals surface area contributed by atoms with Crippen molar-refractivity contribution in [3.8, 4) is 0 Å². The zero-order valence-electron chi connectivity index (χ0n) is 12.0. The van der Waals surface area contributed by atoms with Gasteiger partial charge < -0.3 is 10.1 Å². The van der Waals surface area contributed by atoms with Crippen LogP contribution in [0.2, 0.25) is 0 Å². The van der Waals surface area contributed by atoms with Gasteiger partial charge in [0, 0.05) is 25.4 Å². The first kappa shape index (κ1) is 14.4. The van der Waals surface area contributed by atoms with E-state index in [-0.39, 0.29) is 6.04 Å². The van der Waals surface area contributed by atoms with E-state index < -0.39 is 0 Å². The van der Waals surface area contributed by atoms with Crippen molar-refractivity contribution < 1.29 is 4.74 Å². The van der Waals surface area contributed by atoms with Gasteiger partial charge in [0.1, 0.15) is 0 Å². The lowest BCUT2D eigenvalue weighted by atomic mass is 10.0. The molecule has 0 radical (unpaired) electrons. The monoisotopic (exact) mass is 278 g/mol. The third-order valence-electron chi connectivity index (χ3n) is 3.44. The maximum Gasteiger partial charge on any atom is 0.0809 e. The summed E-state index contributed by atoms with van der Waals surface area (Å²) >= 11 is 1.74. The van der Waals surface area contributed by atoms with E-state index in [4.69, 9.17) is 4.74 Å². The Hall–Kier alpha value is -0.970. The van der Waals surface area contributed by atoms with Crippen LogP contribution in [0.1, 0.15) is 32.4 Å². The summed E-state index contributed by atoms with van der Waals surface area (Å²) in [4.78, 5) is 4.50. The van der Waals surface area contributed by atoms with Gasteiger partial charge in [-0.05, 0) is 35.9 Å². The van der Waals surface area contributed by atoms with Gasteiger partial charge in [-0.3, -0.25) is 4.98 Å². The normalized spacial score (nSPS) is 15.0. The lowest BCUT2D eigenvalue weighted by Gasteiger charge is -2.26. The summed E-state index contributed by atoms with van der Waals surface area (Å²) in [6.45, 7) is 7.34. The number of aromatic nitrogens is 1. The standard InChI is InChI=1S/C15H22N2OS/c1-10(2)14(9-18-4)17-11(3)12-7-15-13(16-8-12)5-6-19-15/h5-8,10-11,14,17H,9H2,1-4H3. The van der Waals surface area contributed by atoms with Gasteiger partial charge in [0.2, 0.25) is 0 Å². The Kier molecular flexibility index (Phi) is 4.91. The van der Waals surface area contributed by atoms with Crippen molar-refractivity contribution in [2.24, 2.45) is 5.92 Å². The molecule has 2 aromatic rings. The van der Waals surface area contributed by atoms with E-state index in [0.717, 1.165) is 12.1 Å². The summed E-state index contributed by atoms with van der Waals surface area (Å²) < 4.78 is 6.53. The molecule has 0 bridgehead atoms. The van der Waals surface area contributed by atoms with E-state index in [1.165, 1.54) is 10.3 Å². The van der Waals surface area contributed by atoms with Gasteiger partial charge in [-0.15, -0.1) is 11.3 Å². The molecule has 4 heteroatoms. The van der Waals surface area contributed by atoms with Crippen LogP contribution in [-0.4, -0.2) is 24.7 Å². The van der Waals surface area contributed by atoms with Gasteiger partial charge in [0.15, 0.2) is 0 Å². The van der Waals surface area contributed by atoms with E-state index in [1.54, 1.807) is 18.4 Å². The average molecular weight is 278 g/mol. The Labute approximate surface area is 119 Å². The van der Waals surface area contributed by atoms with Crippen molar-refractivity contribution >= 4 is 21.6 Å². The predicted octanol–water partition coefficient (Wildman–Crippen LogP) is 3.62. The second-order valence-corrected chi connectivity index (χ2v) is 6.21. The van der Waals surface area contributed by atoms with Crippen molar-refractivity contribution in [3.63, 3.8) is 0 Å². The summed E-state index contributed by atoms with van der Waals surface area (Å²) in [7, 11) is 1.75. The van der Waals surface area contributed by atoms with E-state index in [9.17, 15) is 0 Å². The van der Waals surface area contributed by atoms with Crippen LogP contribution in [-0.2, 0) is 4.74 Å². The van der Waals surface area contributed by atoms with Crippen LogP contribution in [0, 0.1) is 5.92 Å². The highest BCUT2D eigenvalue weighted by molar-refractivity contribution is 7.17. The van der Waals surface area contributed by atoms with Crippen molar-refractivity contribution in [1.29, 1.82) is 0 Å². The highest BCUT2D eigenvalue weighted by Gasteiger charge is 2.17. The number of hydrogen-bond donors (Lipinski definition) is 1. The maximum absolute atomic E-state index is 5.28. The molecule has 2 atom stereocenters. The molecule has 0 aliphatic heterocycles. The molecule has 1 N–H and O–H groups in total. The Bertz CT molecular complexity index is 524.